The summed E-state index contributed by atoms with van der Waals surface area (Å²) in [6.45, 7) is 1.74. The number of aliphatic hydroxyl groups is 1. The predicted molar refractivity (Wildman–Crippen MR) is 130 cm³/mol. The van der Waals surface area contributed by atoms with E-state index in [1.54, 1.807) is 18.4 Å². The van der Waals surface area contributed by atoms with Gasteiger partial charge in [-0.25, -0.2) is 0 Å². The van der Waals surface area contributed by atoms with Crippen molar-refractivity contribution < 1.29 is 37.3 Å². The molecule has 0 spiro atoms. The van der Waals surface area contributed by atoms with Crippen LogP contribution in [0.4, 0.5) is 18.9 Å². The molecule has 1 unspecified atom stereocenters. The maximum atomic E-state index is 13.4. The summed E-state index contributed by atoms with van der Waals surface area (Å²) in [5.41, 5.74) is -0.711. The second-order valence-corrected chi connectivity index (χ2v) is 9.23. The Hall–Kier alpha value is -3.50. The van der Waals surface area contributed by atoms with E-state index in [1.165, 1.54) is 43.8 Å². The number of halogens is 4. The Labute approximate surface area is 213 Å². The molecule has 36 heavy (non-hydrogen) atoms. The van der Waals surface area contributed by atoms with Crippen molar-refractivity contribution in [3.8, 4) is 11.5 Å². The number of thiophene rings is 1. The second kappa shape index (κ2) is 9.51. The highest BCUT2D eigenvalue weighted by atomic mass is 35.5. The number of hydrogen-bond acceptors (Lipinski definition) is 6. The summed E-state index contributed by atoms with van der Waals surface area (Å²) in [6.07, 6.45) is -4.66. The Balaban J connectivity index is 1.99. The number of aliphatic hydroxyl groups excluding tert-OH is 1. The highest BCUT2D eigenvalue weighted by molar-refractivity contribution is 7.10. The molecule has 3 aromatic rings. The van der Waals surface area contributed by atoms with E-state index in [1.807, 2.05) is 0 Å². The Bertz CT molecular complexity index is 1400. The smallest absolute Gasteiger partial charge is 0.416 e. The van der Waals surface area contributed by atoms with E-state index in [-0.39, 0.29) is 33.3 Å². The topological polar surface area (TPSA) is 76.1 Å². The van der Waals surface area contributed by atoms with Gasteiger partial charge in [0.05, 0.1) is 35.9 Å². The minimum atomic E-state index is -4.66. The first-order valence-corrected chi connectivity index (χ1v) is 11.7. The molecular formula is C25H19ClF3NO5S. The summed E-state index contributed by atoms with van der Waals surface area (Å²) >= 11 is 7.44. The van der Waals surface area contributed by atoms with Crippen LogP contribution in [0, 0.1) is 6.92 Å². The zero-order valence-corrected chi connectivity index (χ0v) is 20.7. The molecule has 188 valence electrons. The van der Waals surface area contributed by atoms with Gasteiger partial charge in [-0.1, -0.05) is 17.7 Å². The maximum Gasteiger partial charge on any atom is 0.416 e. The van der Waals surface area contributed by atoms with Gasteiger partial charge in [-0.15, -0.1) is 11.3 Å². The van der Waals surface area contributed by atoms with E-state index in [9.17, 15) is 27.9 Å². The Kier molecular flexibility index (Phi) is 6.76. The van der Waals surface area contributed by atoms with Crippen LogP contribution in [0.3, 0.4) is 0 Å². The fourth-order valence-corrected chi connectivity index (χ4v) is 5.30. The van der Waals surface area contributed by atoms with Crippen molar-refractivity contribution in [3.63, 3.8) is 0 Å². The van der Waals surface area contributed by atoms with Crippen molar-refractivity contribution in [1.29, 1.82) is 0 Å². The Morgan fingerprint density at radius 2 is 1.78 bits per heavy atom. The Morgan fingerprint density at radius 1 is 1.08 bits per heavy atom. The van der Waals surface area contributed by atoms with Crippen LogP contribution in [0.25, 0.3) is 5.76 Å². The highest BCUT2D eigenvalue weighted by Crippen LogP contribution is 2.47. The molecule has 1 N–H and O–H groups in total. The largest absolute Gasteiger partial charge is 0.507 e. The molecule has 4 rings (SSSR count). The maximum absolute atomic E-state index is 13.4. The lowest BCUT2D eigenvalue weighted by Gasteiger charge is -2.25. The molecule has 0 bridgehead atoms. The number of methoxy groups -OCH3 is 2. The lowest BCUT2D eigenvalue weighted by atomic mass is 9.97. The quantitative estimate of drug-likeness (QED) is 0.232. The fraction of sp³-hybridized carbons (Fsp3) is 0.200. The molecule has 1 saturated heterocycles. The molecule has 0 aliphatic carbocycles. The minimum Gasteiger partial charge on any atom is -0.507 e. The molecule has 1 amide bonds. The number of ketones is 1. The number of rotatable bonds is 5. The number of hydrogen-bond donors (Lipinski definition) is 1. The monoisotopic (exact) mass is 537 g/mol. The number of anilines is 1. The van der Waals surface area contributed by atoms with Crippen molar-refractivity contribution in [1.82, 2.24) is 0 Å². The van der Waals surface area contributed by atoms with Crippen LogP contribution in [0.2, 0.25) is 5.02 Å². The summed E-state index contributed by atoms with van der Waals surface area (Å²) in [6, 6.07) is 7.43. The summed E-state index contributed by atoms with van der Waals surface area (Å²) in [7, 11) is 2.72. The zero-order chi connectivity index (χ0) is 26.4. The molecular weight excluding hydrogens is 519 g/mol. The number of amides is 1. The lowest BCUT2D eigenvalue weighted by Crippen LogP contribution is -2.29. The predicted octanol–water partition coefficient (Wildman–Crippen LogP) is 6.37. The van der Waals surface area contributed by atoms with Gasteiger partial charge in [0, 0.05) is 16.6 Å². The summed E-state index contributed by atoms with van der Waals surface area (Å²) in [5, 5.41) is 13.2. The van der Waals surface area contributed by atoms with E-state index in [2.05, 4.69) is 0 Å². The first-order chi connectivity index (χ1) is 17.0. The molecule has 0 radical (unpaired) electrons. The number of alkyl halides is 3. The molecule has 6 nitrogen and oxygen atoms in total. The second-order valence-electron chi connectivity index (χ2n) is 7.87. The third-order valence-electron chi connectivity index (χ3n) is 5.78. The molecule has 1 atom stereocenters. The molecule has 2 aromatic carbocycles. The average Bonchev–Trinajstić information content (AvgIpc) is 3.38. The fourth-order valence-electron chi connectivity index (χ4n) is 4.03. The third kappa shape index (κ3) is 4.31. The van der Waals surface area contributed by atoms with Crippen LogP contribution in [0.15, 0.2) is 53.4 Å². The van der Waals surface area contributed by atoms with E-state index >= 15 is 0 Å². The molecule has 1 fully saturated rings. The lowest BCUT2D eigenvalue weighted by molar-refractivity contribution is -0.137. The van der Waals surface area contributed by atoms with Gasteiger partial charge in [-0.2, -0.15) is 13.2 Å². The molecule has 0 saturated carbocycles. The van der Waals surface area contributed by atoms with Gasteiger partial charge in [0.25, 0.3) is 11.7 Å². The summed E-state index contributed by atoms with van der Waals surface area (Å²) in [4.78, 5) is 28.0. The van der Waals surface area contributed by atoms with Crippen LogP contribution in [0.1, 0.15) is 27.6 Å². The van der Waals surface area contributed by atoms with E-state index in [4.69, 9.17) is 21.1 Å². The van der Waals surface area contributed by atoms with E-state index in [0.29, 0.717) is 10.4 Å². The average molecular weight is 538 g/mol. The summed E-state index contributed by atoms with van der Waals surface area (Å²) < 4.78 is 50.8. The van der Waals surface area contributed by atoms with Crippen molar-refractivity contribution in [2.75, 3.05) is 19.1 Å². The first kappa shape index (κ1) is 25.6. The number of carbonyl (C=O) groups is 2. The molecule has 1 aliphatic heterocycles. The Morgan fingerprint density at radius 3 is 2.36 bits per heavy atom. The van der Waals surface area contributed by atoms with Crippen molar-refractivity contribution in [2.24, 2.45) is 0 Å². The van der Waals surface area contributed by atoms with Crippen molar-refractivity contribution in [2.45, 2.75) is 19.1 Å². The van der Waals surface area contributed by atoms with Crippen molar-refractivity contribution >= 4 is 46.1 Å². The van der Waals surface area contributed by atoms with Crippen LogP contribution < -0.4 is 14.4 Å². The number of benzene rings is 2. The van der Waals surface area contributed by atoms with Gasteiger partial charge in [-0.05, 0) is 48.2 Å². The van der Waals surface area contributed by atoms with Crippen LogP contribution >= 0.6 is 22.9 Å². The number of aryl methyl sites for hydroxylation is 1. The normalized spacial score (nSPS) is 17.5. The zero-order valence-electron chi connectivity index (χ0n) is 19.1. The standard InChI is InChI=1S/C25H19ClF3NO5S/c1-12-7-8-36-23(12)20-19(21(31)15-10-16(26)18(35-3)11-17(15)34-2)22(32)24(33)30(20)14-6-4-5-13(9-14)25(27,28)29/h4-11,20,31H,1-3H3/b21-19+. The van der Waals surface area contributed by atoms with Crippen LogP contribution in [-0.4, -0.2) is 31.0 Å². The van der Waals surface area contributed by atoms with Gasteiger partial charge in [0.1, 0.15) is 23.3 Å². The van der Waals surface area contributed by atoms with Gasteiger partial charge in [-0.3, -0.25) is 14.5 Å². The van der Waals surface area contributed by atoms with Gasteiger partial charge < -0.3 is 14.6 Å². The van der Waals surface area contributed by atoms with Gasteiger partial charge in [0.15, 0.2) is 0 Å². The van der Waals surface area contributed by atoms with Gasteiger partial charge >= 0.3 is 6.18 Å². The molecule has 1 aliphatic rings. The van der Waals surface area contributed by atoms with Crippen LogP contribution in [0.5, 0.6) is 11.5 Å². The number of Topliss-reactive ketones (excluding diaryl/α,β-unsaturated/α-hetero) is 1. The minimum absolute atomic E-state index is 0.0181. The van der Waals surface area contributed by atoms with E-state index in [0.717, 1.165) is 23.1 Å². The number of nitrogens with zero attached hydrogens (tertiary/aromatic N) is 1. The van der Waals surface area contributed by atoms with Crippen LogP contribution in [-0.2, 0) is 15.8 Å². The first-order valence-electron chi connectivity index (χ1n) is 10.4. The molecule has 11 heteroatoms. The van der Waals surface area contributed by atoms with E-state index < -0.39 is 35.2 Å². The molecule has 1 aromatic heterocycles. The molecule has 2 heterocycles. The van der Waals surface area contributed by atoms with Gasteiger partial charge in [0.2, 0.25) is 0 Å². The number of ether oxygens (including phenoxy) is 2. The summed E-state index contributed by atoms with van der Waals surface area (Å²) in [5.74, 6) is -2.35. The third-order valence-corrected chi connectivity index (χ3v) is 7.14. The SMILES string of the molecule is COc1cc(OC)c(/C(O)=C2\C(=O)C(=O)N(c3cccc(C(F)(F)F)c3)C2c2sccc2C)cc1Cl. The number of carbonyl (C=O) groups excluding carboxylic acids is 2. The van der Waals surface area contributed by atoms with Crippen molar-refractivity contribution in [3.05, 3.63) is 80.0 Å². The highest BCUT2D eigenvalue weighted by Gasteiger charge is 2.48.